The van der Waals surface area contributed by atoms with E-state index in [1.807, 2.05) is 30.3 Å². The fourth-order valence-corrected chi connectivity index (χ4v) is 3.50. The zero-order valence-corrected chi connectivity index (χ0v) is 25.6. The number of aromatic hydroxyl groups is 3. The number of phenols is 3. The molecule has 3 aromatic carbocycles. The van der Waals surface area contributed by atoms with Crippen molar-refractivity contribution in [1.29, 1.82) is 0 Å². The van der Waals surface area contributed by atoms with E-state index < -0.39 is 5.41 Å². The van der Waals surface area contributed by atoms with Crippen molar-refractivity contribution in [3.05, 3.63) is 89.0 Å². The first-order chi connectivity index (χ1) is 14.4. The summed E-state index contributed by atoms with van der Waals surface area (Å²) in [7, 11) is 0. The number of phenolic OH excluding ortho intramolecular Hbond substituents is 3. The van der Waals surface area contributed by atoms with Crippen LogP contribution in [-0.4, -0.2) is 15.3 Å². The van der Waals surface area contributed by atoms with Crippen LogP contribution in [0.1, 0.15) is 49.9 Å². The zero-order chi connectivity index (χ0) is 23.4. The number of halogens is 3. The Hall–Kier alpha value is -0.166. The Labute approximate surface area is 222 Å². The third kappa shape index (κ3) is 7.16. The van der Waals surface area contributed by atoms with Crippen LogP contribution in [0.2, 0.25) is 0 Å². The SMILES string of the molecule is CC(C)(c1ccc(O)cc1)c1ccc(O)c(C(C)(C)c2ccc(O)cc2)c1.[I][V]([I])[I]. The summed E-state index contributed by atoms with van der Waals surface area (Å²) < 4.78 is 0. The van der Waals surface area contributed by atoms with Gasteiger partial charge >= 0.3 is 64.9 Å². The normalized spacial score (nSPS) is 11.7. The predicted molar refractivity (Wildman–Crippen MR) is 151 cm³/mol. The molecule has 3 N–H and O–H groups in total. The van der Waals surface area contributed by atoms with Crippen LogP contribution in [0.3, 0.4) is 0 Å². The Kier molecular flexibility index (Phi) is 9.88. The van der Waals surface area contributed by atoms with Gasteiger partial charge in [-0.05, 0) is 47.0 Å². The van der Waals surface area contributed by atoms with Crippen LogP contribution in [0.5, 0.6) is 17.2 Å². The van der Waals surface area contributed by atoms with E-state index in [4.69, 9.17) is 0 Å². The summed E-state index contributed by atoms with van der Waals surface area (Å²) in [5, 5.41) is 29.7. The van der Waals surface area contributed by atoms with Crippen molar-refractivity contribution in [1.82, 2.24) is 0 Å². The summed E-state index contributed by atoms with van der Waals surface area (Å²) in [5.41, 5.74) is 3.28. The maximum atomic E-state index is 10.6. The third-order valence-corrected chi connectivity index (χ3v) is 5.57. The zero-order valence-electron chi connectivity index (χ0n) is 17.8. The van der Waals surface area contributed by atoms with Crippen LogP contribution >= 0.6 is 59.9 Å². The molecule has 0 heterocycles. The van der Waals surface area contributed by atoms with Gasteiger partial charge in [0, 0.05) is 16.4 Å². The Bertz CT molecular complexity index is 999. The Balaban J connectivity index is 0.000000785. The second kappa shape index (κ2) is 11.3. The minimum atomic E-state index is -0.432. The van der Waals surface area contributed by atoms with Gasteiger partial charge in [-0.25, -0.2) is 0 Å². The molecule has 0 saturated carbocycles. The molecule has 0 aliphatic heterocycles. The fraction of sp³-hybridized carbons (Fsp3) is 0.250. The van der Waals surface area contributed by atoms with Crippen molar-refractivity contribution in [3.8, 4) is 17.2 Å². The Morgan fingerprint density at radius 3 is 1.35 bits per heavy atom. The molecule has 0 fully saturated rings. The molecule has 0 amide bonds. The number of benzene rings is 3. The number of hydrogen-bond donors (Lipinski definition) is 3. The maximum absolute atomic E-state index is 10.6. The van der Waals surface area contributed by atoms with Crippen LogP contribution in [0.15, 0.2) is 66.7 Å². The van der Waals surface area contributed by atoms with Crippen molar-refractivity contribution < 1.29 is 20.2 Å². The quantitative estimate of drug-likeness (QED) is 0.234. The van der Waals surface area contributed by atoms with Crippen molar-refractivity contribution in [3.63, 3.8) is 0 Å². The van der Waals surface area contributed by atoms with Gasteiger partial charge in [0.2, 0.25) is 0 Å². The summed E-state index contributed by atoms with van der Waals surface area (Å²) in [5.74, 6) is 0.716. The van der Waals surface area contributed by atoms with Gasteiger partial charge in [-0.15, -0.1) is 0 Å². The van der Waals surface area contributed by atoms with Crippen molar-refractivity contribution in [2.75, 3.05) is 0 Å². The summed E-state index contributed by atoms with van der Waals surface area (Å²) in [4.78, 5) is -0.278. The van der Waals surface area contributed by atoms with E-state index in [2.05, 4.69) is 93.7 Å². The van der Waals surface area contributed by atoms with E-state index in [0.29, 0.717) is 0 Å². The molecule has 0 saturated heterocycles. The second-order valence-electron chi connectivity index (χ2n) is 8.27. The molecule has 31 heavy (non-hydrogen) atoms. The topological polar surface area (TPSA) is 60.7 Å². The standard InChI is InChI=1S/C24H26O3.3HI.V/c1-23(2,16-5-10-19(25)11-6-16)18-9-14-22(27)21(15-18)24(3,4)17-7-12-20(26)13-8-17;;;;/h5-15,25-27H,1-4H3;3*1H;/q;;;;+3/p-3. The van der Waals surface area contributed by atoms with E-state index >= 15 is 0 Å². The first kappa shape index (κ1) is 27.1. The molecule has 3 nitrogen and oxygen atoms in total. The van der Waals surface area contributed by atoms with Gasteiger partial charge in [-0.1, -0.05) is 64.1 Å². The van der Waals surface area contributed by atoms with Crippen LogP contribution in [0.25, 0.3) is 0 Å². The molecule has 3 rings (SSSR count). The first-order valence-electron chi connectivity index (χ1n) is 9.56. The second-order valence-corrected chi connectivity index (χ2v) is 43.6. The average Bonchev–Trinajstić information content (AvgIpc) is 2.68. The first-order valence-corrected chi connectivity index (χ1v) is 23.1. The summed E-state index contributed by atoms with van der Waals surface area (Å²) in [6.07, 6.45) is 0. The minimum absolute atomic E-state index is 0.223. The van der Waals surface area contributed by atoms with Gasteiger partial charge in [0.25, 0.3) is 0 Å². The van der Waals surface area contributed by atoms with E-state index in [1.54, 1.807) is 30.3 Å². The molecule has 166 valence electrons. The summed E-state index contributed by atoms with van der Waals surface area (Å²) in [6, 6.07) is 20.1. The molecule has 7 heteroatoms. The molecule has 3 aromatic rings. The molecular weight excluding hydrogens is 768 g/mol. The van der Waals surface area contributed by atoms with Crippen molar-refractivity contribution in [2.45, 2.75) is 38.5 Å². The molecule has 0 radical (unpaired) electrons. The molecule has 0 aliphatic carbocycles. The molecule has 0 atom stereocenters. The Morgan fingerprint density at radius 1 is 0.581 bits per heavy atom. The average molecular weight is 794 g/mol. The van der Waals surface area contributed by atoms with E-state index in [1.165, 1.54) is 0 Å². The van der Waals surface area contributed by atoms with Gasteiger partial charge < -0.3 is 15.3 Å². The number of rotatable bonds is 4. The third-order valence-electron chi connectivity index (χ3n) is 5.57. The predicted octanol–water partition coefficient (Wildman–Crippen LogP) is 8.11. The number of hydrogen-bond acceptors (Lipinski definition) is 3. The van der Waals surface area contributed by atoms with Crippen molar-refractivity contribution in [2.24, 2.45) is 0 Å². The van der Waals surface area contributed by atoms with Crippen LogP contribution in [-0.2, 0) is 15.8 Å². The molecule has 0 unspecified atom stereocenters. The van der Waals surface area contributed by atoms with Gasteiger partial charge in [-0.2, -0.15) is 0 Å². The van der Waals surface area contributed by atoms with Gasteiger partial charge in [0.05, 0.1) is 0 Å². The van der Waals surface area contributed by atoms with Crippen LogP contribution in [0.4, 0.5) is 0 Å². The van der Waals surface area contributed by atoms with E-state index in [9.17, 15) is 15.3 Å². The molecular formula is C24H26I3O3V. The van der Waals surface area contributed by atoms with Crippen LogP contribution in [0, 0.1) is 0 Å². The fourth-order valence-electron chi connectivity index (χ4n) is 3.50. The monoisotopic (exact) mass is 794 g/mol. The Morgan fingerprint density at radius 2 is 0.935 bits per heavy atom. The molecule has 0 aliphatic rings. The molecule has 0 aromatic heterocycles. The van der Waals surface area contributed by atoms with Gasteiger partial charge in [0.1, 0.15) is 17.2 Å². The summed E-state index contributed by atoms with van der Waals surface area (Å²) >= 11 is 7.39. The van der Waals surface area contributed by atoms with E-state index in [-0.39, 0.29) is 27.6 Å². The molecule has 0 bridgehead atoms. The van der Waals surface area contributed by atoms with Gasteiger partial charge in [-0.3, -0.25) is 0 Å². The van der Waals surface area contributed by atoms with Gasteiger partial charge in [0.15, 0.2) is 0 Å². The van der Waals surface area contributed by atoms with Crippen molar-refractivity contribution >= 4 is 59.9 Å². The summed E-state index contributed by atoms with van der Waals surface area (Å²) in [6.45, 7) is 8.38. The van der Waals surface area contributed by atoms with E-state index in [0.717, 1.165) is 22.3 Å². The van der Waals surface area contributed by atoms with Crippen LogP contribution < -0.4 is 0 Å². The molecule has 0 spiro atoms.